The second kappa shape index (κ2) is 7.25. The minimum atomic E-state index is 0.161. The van der Waals surface area contributed by atoms with Gasteiger partial charge in [-0.25, -0.2) is 0 Å². The molecule has 1 amide bonds. The van der Waals surface area contributed by atoms with Crippen LogP contribution in [0.3, 0.4) is 0 Å². The first kappa shape index (κ1) is 14.8. The third kappa shape index (κ3) is 4.18. The maximum absolute atomic E-state index is 12.3. The highest BCUT2D eigenvalue weighted by molar-refractivity contribution is 5.79. The van der Waals surface area contributed by atoms with Crippen molar-refractivity contribution in [2.75, 3.05) is 26.2 Å². The zero-order valence-corrected chi connectivity index (χ0v) is 12.2. The van der Waals surface area contributed by atoms with Crippen molar-refractivity contribution >= 4 is 5.91 Å². The van der Waals surface area contributed by atoms with Gasteiger partial charge < -0.3 is 16.0 Å². The second-order valence-electron chi connectivity index (χ2n) is 6.30. The Morgan fingerprint density at radius 1 is 1.26 bits per heavy atom. The van der Waals surface area contributed by atoms with E-state index in [1.54, 1.807) is 0 Å². The fraction of sp³-hybridized carbons (Fsp3) is 0.933. The zero-order valence-electron chi connectivity index (χ0n) is 12.2. The van der Waals surface area contributed by atoms with Gasteiger partial charge in [-0.05, 0) is 58.2 Å². The van der Waals surface area contributed by atoms with Gasteiger partial charge in [0.05, 0.1) is 0 Å². The van der Waals surface area contributed by atoms with Gasteiger partial charge in [-0.15, -0.1) is 0 Å². The van der Waals surface area contributed by atoms with Crippen molar-refractivity contribution in [1.29, 1.82) is 0 Å². The van der Waals surface area contributed by atoms with E-state index in [4.69, 9.17) is 5.73 Å². The Morgan fingerprint density at radius 2 is 2.00 bits per heavy atom. The van der Waals surface area contributed by atoms with Crippen LogP contribution >= 0.6 is 0 Å². The summed E-state index contributed by atoms with van der Waals surface area (Å²) in [5.41, 5.74) is 5.75. The first-order valence-corrected chi connectivity index (χ1v) is 7.93. The summed E-state index contributed by atoms with van der Waals surface area (Å²) >= 11 is 0. The predicted octanol–water partition coefficient (Wildman–Crippen LogP) is 1.35. The topological polar surface area (TPSA) is 58.4 Å². The number of rotatable bonds is 5. The molecule has 0 aromatic heterocycles. The van der Waals surface area contributed by atoms with E-state index in [1.165, 1.54) is 32.4 Å². The molecule has 0 bridgehead atoms. The lowest BCUT2D eigenvalue weighted by molar-refractivity contribution is -0.126. The van der Waals surface area contributed by atoms with Crippen molar-refractivity contribution in [3.05, 3.63) is 0 Å². The Hall–Kier alpha value is -0.610. The van der Waals surface area contributed by atoms with Crippen LogP contribution < -0.4 is 11.1 Å². The fourth-order valence-corrected chi connectivity index (χ4v) is 3.59. The first-order valence-electron chi connectivity index (χ1n) is 7.93. The summed E-state index contributed by atoms with van der Waals surface area (Å²) in [6.45, 7) is 6.15. The van der Waals surface area contributed by atoms with Crippen LogP contribution in [0.2, 0.25) is 0 Å². The van der Waals surface area contributed by atoms with E-state index in [-0.39, 0.29) is 17.9 Å². The molecule has 1 heterocycles. The number of likely N-dealkylation sites (tertiary alicyclic amines) is 1. The van der Waals surface area contributed by atoms with Crippen LogP contribution in [-0.2, 0) is 4.79 Å². The maximum atomic E-state index is 12.3. The summed E-state index contributed by atoms with van der Waals surface area (Å²) < 4.78 is 0. The monoisotopic (exact) mass is 267 g/mol. The Labute approximate surface area is 117 Å². The van der Waals surface area contributed by atoms with E-state index < -0.39 is 0 Å². The summed E-state index contributed by atoms with van der Waals surface area (Å²) in [4.78, 5) is 14.8. The molecule has 3 unspecified atom stereocenters. The van der Waals surface area contributed by atoms with Gasteiger partial charge >= 0.3 is 0 Å². The molecule has 110 valence electrons. The van der Waals surface area contributed by atoms with E-state index in [9.17, 15) is 4.79 Å². The van der Waals surface area contributed by atoms with Gasteiger partial charge in [-0.3, -0.25) is 4.79 Å². The van der Waals surface area contributed by atoms with Crippen LogP contribution in [0.1, 0.15) is 45.4 Å². The van der Waals surface area contributed by atoms with Gasteiger partial charge in [-0.2, -0.15) is 0 Å². The van der Waals surface area contributed by atoms with Crippen LogP contribution in [0.5, 0.6) is 0 Å². The Kier molecular flexibility index (Phi) is 5.64. The molecule has 0 radical (unpaired) electrons. The number of carbonyl (C=O) groups excluding carboxylic acids is 1. The van der Waals surface area contributed by atoms with Crippen molar-refractivity contribution in [3.8, 4) is 0 Å². The van der Waals surface area contributed by atoms with Crippen molar-refractivity contribution in [2.24, 2.45) is 17.6 Å². The predicted molar refractivity (Wildman–Crippen MR) is 77.8 cm³/mol. The van der Waals surface area contributed by atoms with E-state index in [1.807, 2.05) is 0 Å². The number of nitrogens with one attached hydrogen (secondary N) is 1. The molecule has 3 atom stereocenters. The lowest BCUT2D eigenvalue weighted by Crippen LogP contribution is -2.46. The number of hydrogen-bond donors (Lipinski definition) is 2. The summed E-state index contributed by atoms with van der Waals surface area (Å²) in [6.07, 6.45) is 7.26. The number of hydrogen-bond acceptors (Lipinski definition) is 3. The van der Waals surface area contributed by atoms with Crippen LogP contribution in [0.25, 0.3) is 0 Å². The first-order chi connectivity index (χ1) is 9.20. The van der Waals surface area contributed by atoms with Crippen LogP contribution in [0.15, 0.2) is 0 Å². The highest BCUT2D eigenvalue weighted by Gasteiger charge is 2.32. The lowest BCUT2D eigenvalue weighted by atomic mass is 9.95. The third-order valence-corrected chi connectivity index (χ3v) is 4.67. The molecule has 19 heavy (non-hydrogen) atoms. The Balaban J connectivity index is 1.74. The maximum Gasteiger partial charge on any atom is 0.223 e. The molecule has 1 saturated heterocycles. The number of piperidine rings is 1. The van der Waals surface area contributed by atoms with Crippen molar-refractivity contribution in [3.63, 3.8) is 0 Å². The molecule has 0 aromatic rings. The summed E-state index contributed by atoms with van der Waals surface area (Å²) in [7, 11) is 0. The van der Waals surface area contributed by atoms with Gasteiger partial charge in [0.15, 0.2) is 0 Å². The molecule has 1 saturated carbocycles. The molecule has 0 spiro atoms. The fourth-order valence-electron chi connectivity index (χ4n) is 3.59. The molecule has 1 aliphatic carbocycles. The summed E-state index contributed by atoms with van der Waals surface area (Å²) in [6, 6.07) is 0.254. The van der Waals surface area contributed by atoms with E-state index in [0.29, 0.717) is 12.5 Å². The van der Waals surface area contributed by atoms with E-state index >= 15 is 0 Å². The standard InChI is InChI=1S/C15H29N3O/c1-12(11-18-8-3-2-4-9-18)17-15(19)14-7-5-6-13(14)10-16/h12-14H,2-11,16H2,1H3,(H,17,19). The average molecular weight is 267 g/mol. The molecule has 2 fully saturated rings. The molecule has 3 N–H and O–H groups in total. The lowest BCUT2D eigenvalue weighted by Gasteiger charge is -2.30. The molecule has 2 rings (SSSR count). The van der Waals surface area contributed by atoms with E-state index in [2.05, 4.69) is 17.1 Å². The minimum Gasteiger partial charge on any atom is -0.352 e. The highest BCUT2D eigenvalue weighted by atomic mass is 16.2. The number of nitrogens with zero attached hydrogens (tertiary/aromatic N) is 1. The Morgan fingerprint density at radius 3 is 2.68 bits per heavy atom. The molecule has 1 aliphatic heterocycles. The molecule has 2 aliphatic rings. The van der Waals surface area contributed by atoms with E-state index in [0.717, 1.165) is 25.8 Å². The second-order valence-corrected chi connectivity index (χ2v) is 6.30. The summed E-state index contributed by atoms with van der Waals surface area (Å²) in [5, 5.41) is 3.20. The molecule has 0 aromatic carbocycles. The molecule has 4 nitrogen and oxygen atoms in total. The minimum absolute atomic E-state index is 0.161. The van der Waals surface area contributed by atoms with Crippen LogP contribution in [0.4, 0.5) is 0 Å². The SMILES string of the molecule is CC(CN1CCCCC1)NC(=O)C1CCCC1CN. The zero-order chi connectivity index (χ0) is 13.7. The van der Waals surface area contributed by atoms with Crippen LogP contribution in [0, 0.1) is 11.8 Å². The number of nitrogens with two attached hydrogens (primary N) is 1. The smallest absolute Gasteiger partial charge is 0.223 e. The normalized spacial score (nSPS) is 30.2. The number of amides is 1. The average Bonchev–Trinajstić information content (AvgIpc) is 2.88. The van der Waals surface area contributed by atoms with Crippen molar-refractivity contribution < 1.29 is 4.79 Å². The van der Waals surface area contributed by atoms with Gasteiger partial charge in [0.25, 0.3) is 0 Å². The van der Waals surface area contributed by atoms with Gasteiger partial charge in [-0.1, -0.05) is 12.8 Å². The Bertz CT molecular complexity index is 289. The quantitative estimate of drug-likeness (QED) is 0.790. The van der Waals surface area contributed by atoms with Gasteiger partial charge in [0.2, 0.25) is 5.91 Å². The van der Waals surface area contributed by atoms with Crippen molar-refractivity contribution in [2.45, 2.75) is 51.5 Å². The van der Waals surface area contributed by atoms with Gasteiger partial charge in [0, 0.05) is 18.5 Å². The van der Waals surface area contributed by atoms with Gasteiger partial charge in [0.1, 0.15) is 0 Å². The van der Waals surface area contributed by atoms with Crippen molar-refractivity contribution in [1.82, 2.24) is 10.2 Å². The highest BCUT2D eigenvalue weighted by Crippen LogP contribution is 2.31. The molecular weight excluding hydrogens is 238 g/mol. The third-order valence-electron chi connectivity index (χ3n) is 4.67. The number of carbonyl (C=O) groups is 1. The molecule has 4 heteroatoms. The van der Waals surface area contributed by atoms with Crippen LogP contribution in [-0.4, -0.2) is 43.0 Å². The molecular formula is C15H29N3O. The summed E-state index contributed by atoms with van der Waals surface area (Å²) in [5.74, 6) is 0.799. The largest absolute Gasteiger partial charge is 0.352 e.